The van der Waals surface area contributed by atoms with Crippen LogP contribution in [0.2, 0.25) is 0 Å². The molecule has 2 aliphatic rings. The molecule has 142 valence electrons. The molecule has 2 heterocycles. The standard InChI is InChI=1S/C18H27N3O2.2ClH/c1-3-23-17-7-5-4-6-16(17)20-8-10-21(11-9-20)18(22)14(2)15-12-19-13-15;;/h4-7,14-15,19H,3,8-13H2,1-2H3;2*1H. The zero-order valence-corrected chi connectivity index (χ0v) is 16.6. The second-order valence-electron chi connectivity index (χ2n) is 6.42. The van der Waals surface area contributed by atoms with Crippen LogP contribution in [0.1, 0.15) is 13.8 Å². The van der Waals surface area contributed by atoms with E-state index in [2.05, 4.69) is 23.2 Å². The lowest BCUT2D eigenvalue weighted by molar-refractivity contribution is -0.137. The Balaban J connectivity index is 0.00000156. The van der Waals surface area contributed by atoms with Crippen LogP contribution in [0.25, 0.3) is 0 Å². The van der Waals surface area contributed by atoms with E-state index in [0.29, 0.717) is 18.4 Å². The number of piperazine rings is 1. The molecule has 0 spiro atoms. The topological polar surface area (TPSA) is 44.8 Å². The van der Waals surface area contributed by atoms with Crippen molar-refractivity contribution in [3.8, 4) is 5.75 Å². The fourth-order valence-electron chi connectivity index (χ4n) is 3.32. The fraction of sp³-hybridized carbons (Fsp3) is 0.611. The number of benzene rings is 1. The Hall–Kier alpha value is -1.17. The summed E-state index contributed by atoms with van der Waals surface area (Å²) in [7, 11) is 0. The first kappa shape index (κ1) is 21.9. The van der Waals surface area contributed by atoms with Gasteiger partial charge in [0.05, 0.1) is 12.3 Å². The molecule has 1 aromatic rings. The van der Waals surface area contributed by atoms with Gasteiger partial charge in [-0.2, -0.15) is 0 Å². The monoisotopic (exact) mass is 389 g/mol. The molecule has 25 heavy (non-hydrogen) atoms. The van der Waals surface area contributed by atoms with E-state index in [4.69, 9.17) is 4.74 Å². The van der Waals surface area contributed by atoms with Crippen LogP contribution in [0.15, 0.2) is 24.3 Å². The number of halogens is 2. The number of amides is 1. The third kappa shape index (κ3) is 4.93. The first-order valence-electron chi connectivity index (χ1n) is 8.67. The summed E-state index contributed by atoms with van der Waals surface area (Å²) in [5, 5.41) is 3.25. The van der Waals surface area contributed by atoms with E-state index in [-0.39, 0.29) is 30.7 Å². The Kier molecular flexibility index (Phi) is 8.83. The van der Waals surface area contributed by atoms with Gasteiger partial charge in [-0.3, -0.25) is 4.79 Å². The van der Waals surface area contributed by atoms with E-state index in [9.17, 15) is 4.79 Å². The summed E-state index contributed by atoms with van der Waals surface area (Å²) >= 11 is 0. The van der Waals surface area contributed by atoms with Crippen molar-refractivity contribution < 1.29 is 9.53 Å². The molecule has 5 nitrogen and oxygen atoms in total. The summed E-state index contributed by atoms with van der Waals surface area (Å²) in [6.45, 7) is 10.0. The van der Waals surface area contributed by atoms with E-state index in [1.165, 1.54) is 0 Å². The van der Waals surface area contributed by atoms with Gasteiger partial charge in [0.2, 0.25) is 5.91 Å². The summed E-state index contributed by atoms with van der Waals surface area (Å²) in [5.41, 5.74) is 1.14. The molecule has 1 atom stereocenters. The number of para-hydroxylation sites is 2. The molecular weight excluding hydrogens is 361 g/mol. The van der Waals surface area contributed by atoms with Crippen molar-refractivity contribution in [1.29, 1.82) is 0 Å². The molecule has 1 aromatic carbocycles. The number of carbonyl (C=O) groups is 1. The Morgan fingerprint density at radius 1 is 1.20 bits per heavy atom. The Morgan fingerprint density at radius 3 is 2.40 bits per heavy atom. The van der Waals surface area contributed by atoms with Crippen LogP contribution in [0.4, 0.5) is 5.69 Å². The van der Waals surface area contributed by atoms with Gasteiger partial charge in [0.15, 0.2) is 0 Å². The molecule has 3 rings (SSSR count). The van der Waals surface area contributed by atoms with Gasteiger partial charge in [0.25, 0.3) is 0 Å². The van der Waals surface area contributed by atoms with Crippen LogP contribution >= 0.6 is 24.8 Å². The lowest BCUT2D eigenvalue weighted by Crippen LogP contribution is -2.54. The zero-order chi connectivity index (χ0) is 16.2. The van der Waals surface area contributed by atoms with Crippen LogP contribution in [0.3, 0.4) is 0 Å². The van der Waals surface area contributed by atoms with Gasteiger partial charge in [-0.15, -0.1) is 24.8 Å². The molecule has 1 unspecified atom stereocenters. The maximum absolute atomic E-state index is 12.6. The molecule has 0 aromatic heterocycles. The molecule has 0 bridgehead atoms. The average molecular weight is 390 g/mol. The van der Waals surface area contributed by atoms with Crippen molar-refractivity contribution in [2.75, 3.05) is 50.8 Å². The van der Waals surface area contributed by atoms with Crippen LogP contribution in [-0.4, -0.2) is 56.7 Å². The first-order chi connectivity index (χ1) is 11.2. The molecule has 0 aliphatic carbocycles. The smallest absolute Gasteiger partial charge is 0.225 e. The lowest BCUT2D eigenvalue weighted by atomic mass is 9.88. The predicted molar refractivity (Wildman–Crippen MR) is 106 cm³/mol. The van der Waals surface area contributed by atoms with E-state index in [0.717, 1.165) is 50.7 Å². The second kappa shape index (κ2) is 10.1. The van der Waals surface area contributed by atoms with Crippen LogP contribution in [0.5, 0.6) is 5.75 Å². The van der Waals surface area contributed by atoms with Gasteiger partial charge < -0.3 is 19.9 Å². The van der Waals surface area contributed by atoms with Gasteiger partial charge in [-0.05, 0) is 38.1 Å². The van der Waals surface area contributed by atoms with Gasteiger partial charge in [-0.25, -0.2) is 0 Å². The minimum Gasteiger partial charge on any atom is -0.492 e. The van der Waals surface area contributed by atoms with Crippen molar-refractivity contribution >= 4 is 36.4 Å². The number of ether oxygens (including phenoxy) is 1. The maximum Gasteiger partial charge on any atom is 0.225 e. The van der Waals surface area contributed by atoms with Crippen LogP contribution < -0.4 is 15.0 Å². The first-order valence-corrected chi connectivity index (χ1v) is 8.67. The Labute approximate surface area is 162 Å². The third-order valence-electron chi connectivity index (χ3n) is 5.01. The molecule has 2 aliphatic heterocycles. The van der Waals surface area contributed by atoms with Gasteiger partial charge in [0.1, 0.15) is 5.75 Å². The highest BCUT2D eigenvalue weighted by atomic mass is 35.5. The number of carbonyl (C=O) groups excluding carboxylic acids is 1. The summed E-state index contributed by atoms with van der Waals surface area (Å²) in [6.07, 6.45) is 0. The van der Waals surface area contributed by atoms with E-state index in [1.807, 2.05) is 30.0 Å². The van der Waals surface area contributed by atoms with E-state index >= 15 is 0 Å². The van der Waals surface area contributed by atoms with Crippen molar-refractivity contribution in [1.82, 2.24) is 10.2 Å². The predicted octanol–water partition coefficient (Wildman–Crippen LogP) is 2.43. The third-order valence-corrected chi connectivity index (χ3v) is 5.01. The molecule has 1 N–H and O–H groups in total. The lowest BCUT2D eigenvalue weighted by Gasteiger charge is -2.40. The number of anilines is 1. The van der Waals surface area contributed by atoms with Crippen molar-refractivity contribution in [3.05, 3.63) is 24.3 Å². The largest absolute Gasteiger partial charge is 0.492 e. The summed E-state index contributed by atoms with van der Waals surface area (Å²) < 4.78 is 5.73. The molecule has 1 amide bonds. The zero-order valence-electron chi connectivity index (χ0n) is 14.9. The van der Waals surface area contributed by atoms with Gasteiger partial charge in [0, 0.05) is 32.1 Å². The minimum atomic E-state index is 0. The van der Waals surface area contributed by atoms with E-state index in [1.54, 1.807) is 0 Å². The summed E-state index contributed by atoms with van der Waals surface area (Å²) in [6, 6.07) is 8.16. The highest BCUT2D eigenvalue weighted by Gasteiger charge is 2.33. The van der Waals surface area contributed by atoms with Gasteiger partial charge in [-0.1, -0.05) is 19.1 Å². The highest BCUT2D eigenvalue weighted by molar-refractivity contribution is 5.85. The Morgan fingerprint density at radius 2 is 1.84 bits per heavy atom. The summed E-state index contributed by atoms with van der Waals surface area (Å²) in [5.74, 6) is 1.90. The van der Waals surface area contributed by atoms with E-state index < -0.39 is 0 Å². The molecule has 0 radical (unpaired) electrons. The Bertz CT molecular complexity index is 547. The average Bonchev–Trinajstić information content (AvgIpc) is 2.53. The van der Waals surface area contributed by atoms with Crippen LogP contribution in [0, 0.1) is 11.8 Å². The maximum atomic E-state index is 12.6. The van der Waals surface area contributed by atoms with Crippen molar-refractivity contribution in [2.45, 2.75) is 13.8 Å². The molecule has 2 fully saturated rings. The molecule has 7 heteroatoms. The van der Waals surface area contributed by atoms with Gasteiger partial charge >= 0.3 is 0 Å². The fourth-order valence-corrected chi connectivity index (χ4v) is 3.32. The number of nitrogens with one attached hydrogen (secondary N) is 1. The highest BCUT2D eigenvalue weighted by Crippen LogP contribution is 2.29. The van der Waals surface area contributed by atoms with Crippen molar-refractivity contribution in [3.63, 3.8) is 0 Å². The van der Waals surface area contributed by atoms with Crippen LogP contribution in [-0.2, 0) is 4.79 Å². The molecule has 0 saturated carbocycles. The number of hydrogen-bond donors (Lipinski definition) is 1. The molecule has 2 saturated heterocycles. The summed E-state index contributed by atoms with van der Waals surface area (Å²) in [4.78, 5) is 17.0. The second-order valence-corrected chi connectivity index (χ2v) is 6.42. The number of rotatable bonds is 5. The normalized spacial score (nSPS) is 18.5. The minimum absolute atomic E-state index is 0. The molecular formula is C18H29Cl2N3O2. The number of nitrogens with zero attached hydrogens (tertiary/aromatic N) is 2. The quantitative estimate of drug-likeness (QED) is 0.839. The SMILES string of the molecule is CCOc1ccccc1N1CCN(C(=O)C(C)C2CNC2)CC1.Cl.Cl. The number of hydrogen-bond acceptors (Lipinski definition) is 4. The van der Waals surface area contributed by atoms with Crippen molar-refractivity contribution in [2.24, 2.45) is 11.8 Å².